The lowest BCUT2D eigenvalue weighted by atomic mass is 9.99. The van der Waals surface area contributed by atoms with Gasteiger partial charge in [0.1, 0.15) is 5.15 Å². The van der Waals surface area contributed by atoms with E-state index in [1.807, 2.05) is 18.2 Å². The highest BCUT2D eigenvalue weighted by Gasteiger charge is 2.27. The number of thiazole rings is 1. The molecule has 1 amide bonds. The second-order valence-corrected chi connectivity index (χ2v) is 8.09. The molecule has 0 aliphatic carbocycles. The van der Waals surface area contributed by atoms with Crippen molar-refractivity contribution in [3.8, 4) is 0 Å². The second kappa shape index (κ2) is 8.24. The molecule has 1 saturated heterocycles. The van der Waals surface area contributed by atoms with Crippen LogP contribution in [0.1, 0.15) is 34.1 Å². The number of nitrogens with zero attached hydrogens (tertiary/aromatic N) is 3. The number of carbonyl (C=O) groups excluding carboxylic acids is 2. The molecule has 2 aromatic heterocycles. The summed E-state index contributed by atoms with van der Waals surface area (Å²) in [5, 5.41) is 1.35. The van der Waals surface area contributed by atoms with Crippen LogP contribution < -0.4 is 0 Å². The summed E-state index contributed by atoms with van der Waals surface area (Å²) in [5.74, 6) is -0.565. The number of likely N-dealkylation sites (tertiary alicyclic amines) is 1. The number of esters is 1. The van der Waals surface area contributed by atoms with Gasteiger partial charge in [-0.15, -0.1) is 11.3 Å². The fourth-order valence-electron chi connectivity index (χ4n) is 3.27. The van der Waals surface area contributed by atoms with E-state index in [1.165, 1.54) is 18.3 Å². The Morgan fingerprint density at radius 2 is 2.11 bits per heavy atom. The van der Waals surface area contributed by atoms with Crippen molar-refractivity contribution in [1.29, 1.82) is 0 Å². The maximum absolute atomic E-state index is 12.5. The third-order valence-corrected chi connectivity index (χ3v) is 6.15. The Morgan fingerprint density at radius 3 is 2.89 bits per heavy atom. The number of carbonyl (C=O) groups is 2. The van der Waals surface area contributed by atoms with Crippen molar-refractivity contribution in [2.24, 2.45) is 0 Å². The molecular weight excluding hydrogens is 398 g/mol. The van der Waals surface area contributed by atoms with Gasteiger partial charge in [-0.1, -0.05) is 23.7 Å². The van der Waals surface area contributed by atoms with Crippen LogP contribution in [-0.4, -0.2) is 46.4 Å². The van der Waals surface area contributed by atoms with E-state index in [4.69, 9.17) is 21.3 Å². The number of fused-ring (bicyclic) bond motifs is 1. The summed E-state index contributed by atoms with van der Waals surface area (Å²) >= 11 is 7.39. The van der Waals surface area contributed by atoms with Crippen molar-refractivity contribution >= 4 is 45.0 Å². The summed E-state index contributed by atoms with van der Waals surface area (Å²) in [6.07, 6.45) is 3.24. The van der Waals surface area contributed by atoms with Crippen LogP contribution in [0, 0.1) is 0 Å². The minimum atomic E-state index is -0.586. The molecular formula is C20H18ClN3O3S. The first kappa shape index (κ1) is 18.8. The van der Waals surface area contributed by atoms with Gasteiger partial charge in [-0.2, -0.15) is 0 Å². The zero-order valence-electron chi connectivity index (χ0n) is 15.0. The van der Waals surface area contributed by atoms with Gasteiger partial charge in [0.15, 0.2) is 6.61 Å². The Bertz CT molecular complexity index is 972. The van der Waals surface area contributed by atoms with Gasteiger partial charge in [-0.05, 0) is 37.1 Å². The molecule has 3 heterocycles. The average molecular weight is 416 g/mol. The predicted octanol–water partition coefficient (Wildman–Crippen LogP) is 3.91. The summed E-state index contributed by atoms with van der Waals surface area (Å²) in [6.45, 7) is 0.979. The van der Waals surface area contributed by atoms with Crippen LogP contribution in [0.2, 0.25) is 5.15 Å². The number of aromatic nitrogens is 2. The van der Waals surface area contributed by atoms with Crippen molar-refractivity contribution in [2.75, 3.05) is 19.7 Å². The molecule has 0 radical (unpaired) electrons. The van der Waals surface area contributed by atoms with Crippen molar-refractivity contribution in [2.45, 2.75) is 18.8 Å². The Kier molecular flexibility index (Phi) is 5.54. The molecule has 6 nitrogen and oxygen atoms in total. The van der Waals surface area contributed by atoms with E-state index in [-0.39, 0.29) is 24.0 Å². The van der Waals surface area contributed by atoms with Crippen LogP contribution in [0.15, 0.2) is 42.6 Å². The first-order valence-corrected chi connectivity index (χ1v) is 10.2. The summed E-state index contributed by atoms with van der Waals surface area (Å²) in [4.78, 5) is 34.9. The Balaban J connectivity index is 1.36. The van der Waals surface area contributed by atoms with Gasteiger partial charge in [0.25, 0.3) is 5.91 Å². The molecule has 0 unspecified atom stereocenters. The van der Waals surface area contributed by atoms with E-state index >= 15 is 0 Å². The number of ether oxygens (including phenoxy) is 1. The zero-order valence-corrected chi connectivity index (χ0v) is 16.6. The highest BCUT2D eigenvalue weighted by molar-refractivity contribution is 7.18. The van der Waals surface area contributed by atoms with Gasteiger partial charge < -0.3 is 9.64 Å². The van der Waals surface area contributed by atoms with E-state index in [1.54, 1.807) is 16.2 Å². The van der Waals surface area contributed by atoms with Crippen molar-refractivity contribution in [3.05, 3.63) is 58.3 Å². The molecule has 1 aromatic carbocycles. The number of hydrogen-bond donors (Lipinski definition) is 0. The number of amides is 1. The van der Waals surface area contributed by atoms with Crippen molar-refractivity contribution in [1.82, 2.24) is 14.9 Å². The first-order valence-electron chi connectivity index (χ1n) is 9.02. The molecule has 144 valence electrons. The number of hydrogen-bond acceptors (Lipinski definition) is 6. The summed E-state index contributed by atoms with van der Waals surface area (Å²) in [6, 6.07) is 11.1. The topological polar surface area (TPSA) is 72.4 Å². The van der Waals surface area contributed by atoms with E-state index in [0.717, 1.165) is 28.1 Å². The molecule has 1 aliphatic rings. The minimum Gasteiger partial charge on any atom is -0.452 e. The highest BCUT2D eigenvalue weighted by atomic mass is 35.5. The van der Waals surface area contributed by atoms with Crippen LogP contribution in [0.3, 0.4) is 0 Å². The van der Waals surface area contributed by atoms with E-state index in [0.29, 0.717) is 18.2 Å². The molecule has 1 fully saturated rings. The van der Waals surface area contributed by atoms with Gasteiger partial charge in [0, 0.05) is 25.2 Å². The van der Waals surface area contributed by atoms with Crippen LogP contribution >= 0.6 is 22.9 Å². The third-order valence-electron chi connectivity index (χ3n) is 4.72. The Labute approximate surface area is 171 Å². The van der Waals surface area contributed by atoms with Gasteiger partial charge >= 0.3 is 5.97 Å². The first-order chi connectivity index (χ1) is 13.6. The van der Waals surface area contributed by atoms with Gasteiger partial charge in [0.2, 0.25) is 0 Å². The lowest BCUT2D eigenvalue weighted by Crippen LogP contribution is -2.41. The summed E-state index contributed by atoms with van der Waals surface area (Å²) in [7, 11) is 0. The van der Waals surface area contributed by atoms with Crippen LogP contribution in [-0.2, 0) is 9.53 Å². The average Bonchev–Trinajstić information content (AvgIpc) is 3.17. The normalized spacial score (nSPS) is 16.9. The second-order valence-electron chi connectivity index (χ2n) is 6.64. The van der Waals surface area contributed by atoms with Crippen LogP contribution in [0.4, 0.5) is 0 Å². The van der Waals surface area contributed by atoms with Gasteiger partial charge in [0.05, 0.1) is 20.8 Å². The molecule has 1 atom stereocenters. The standard InChI is InChI=1S/C20H18ClN3O3S/c21-17-8-7-13(10-22-17)20(26)27-12-18(25)24-9-3-4-14(11-24)19-23-15-5-1-2-6-16(15)28-19/h1-2,5-8,10,14H,3-4,9,11-12H2/t14-/m1/s1. The number of halogens is 1. The predicted molar refractivity (Wildman–Crippen MR) is 108 cm³/mol. The van der Waals surface area contributed by atoms with Crippen LogP contribution in [0.5, 0.6) is 0 Å². The maximum Gasteiger partial charge on any atom is 0.340 e. The van der Waals surface area contributed by atoms with Crippen LogP contribution in [0.25, 0.3) is 10.2 Å². The zero-order chi connectivity index (χ0) is 19.5. The lowest BCUT2D eigenvalue weighted by Gasteiger charge is -2.31. The highest BCUT2D eigenvalue weighted by Crippen LogP contribution is 2.32. The monoisotopic (exact) mass is 415 g/mol. The molecule has 8 heteroatoms. The molecule has 0 N–H and O–H groups in total. The van der Waals surface area contributed by atoms with E-state index in [9.17, 15) is 9.59 Å². The quantitative estimate of drug-likeness (QED) is 0.477. The number of pyridine rings is 1. The molecule has 0 spiro atoms. The number of benzene rings is 1. The van der Waals surface area contributed by atoms with E-state index < -0.39 is 5.97 Å². The molecule has 28 heavy (non-hydrogen) atoms. The largest absolute Gasteiger partial charge is 0.452 e. The number of para-hydroxylation sites is 1. The Morgan fingerprint density at radius 1 is 1.25 bits per heavy atom. The third kappa shape index (κ3) is 4.15. The number of piperidine rings is 1. The van der Waals surface area contributed by atoms with Crippen molar-refractivity contribution in [3.63, 3.8) is 0 Å². The van der Waals surface area contributed by atoms with Gasteiger partial charge in [-0.3, -0.25) is 4.79 Å². The fraction of sp³-hybridized carbons (Fsp3) is 0.300. The smallest absolute Gasteiger partial charge is 0.340 e. The van der Waals surface area contributed by atoms with Gasteiger partial charge in [-0.25, -0.2) is 14.8 Å². The molecule has 0 bridgehead atoms. The summed E-state index contributed by atoms with van der Waals surface area (Å²) < 4.78 is 6.30. The maximum atomic E-state index is 12.5. The number of rotatable bonds is 4. The van der Waals surface area contributed by atoms with E-state index in [2.05, 4.69) is 11.1 Å². The molecule has 0 saturated carbocycles. The molecule has 4 rings (SSSR count). The van der Waals surface area contributed by atoms with Crippen molar-refractivity contribution < 1.29 is 14.3 Å². The molecule has 1 aliphatic heterocycles. The Hall–Kier alpha value is -2.51. The minimum absolute atomic E-state index is 0.193. The molecule has 3 aromatic rings. The summed E-state index contributed by atoms with van der Waals surface area (Å²) in [5.41, 5.74) is 1.26. The lowest BCUT2D eigenvalue weighted by molar-refractivity contribution is -0.135. The fourth-order valence-corrected chi connectivity index (χ4v) is 4.47. The SMILES string of the molecule is O=C(OCC(=O)N1CCC[C@@H](c2nc3ccccc3s2)C1)c1ccc(Cl)nc1.